The third-order valence-electron chi connectivity index (χ3n) is 4.25. The molecule has 2 aromatic heterocycles. The van der Waals surface area contributed by atoms with Crippen molar-refractivity contribution >= 4 is 11.0 Å². The highest BCUT2D eigenvalue weighted by atomic mass is 19.1. The molecule has 0 saturated heterocycles. The number of aryl methyl sites for hydroxylation is 1. The number of rotatable bonds is 2. The van der Waals surface area contributed by atoms with Crippen molar-refractivity contribution in [2.75, 3.05) is 0 Å². The Hall–Kier alpha value is -2.70. The van der Waals surface area contributed by atoms with Crippen LogP contribution in [0.15, 0.2) is 34.0 Å². The molecule has 2 heterocycles. The molecule has 0 atom stereocenters. The predicted molar refractivity (Wildman–Crippen MR) is 83.9 cm³/mol. The van der Waals surface area contributed by atoms with Gasteiger partial charge in [-0.15, -0.1) is 0 Å². The normalized spacial score (nSPS) is 14.6. The number of halogens is 1. The van der Waals surface area contributed by atoms with Gasteiger partial charge in [0.25, 0.3) is 5.56 Å². The molecule has 1 aliphatic rings. The van der Waals surface area contributed by atoms with Gasteiger partial charge in [0.05, 0.1) is 16.6 Å². The molecule has 6 nitrogen and oxygen atoms in total. The first-order chi connectivity index (χ1) is 11.0. The van der Waals surface area contributed by atoms with Crippen LogP contribution >= 0.6 is 0 Å². The van der Waals surface area contributed by atoms with Crippen LogP contribution in [0.1, 0.15) is 18.9 Å². The van der Waals surface area contributed by atoms with Crippen molar-refractivity contribution in [2.45, 2.75) is 18.9 Å². The number of nitrogens with zero attached hydrogens (tertiary/aromatic N) is 4. The molecule has 4 rings (SSSR count). The molecule has 3 aromatic rings. The number of hydrogen-bond donors (Lipinski definition) is 0. The van der Waals surface area contributed by atoms with E-state index < -0.39 is 5.56 Å². The number of imidazole rings is 1. The molecule has 1 aromatic carbocycles. The van der Waals surface area contributed by atoms with E-state index in [4.69, 9.17) is 0 Å². The van der Waals surface area contributed by atoms with Gasteiger partial charge in [-0.3, -0.25) is 9.36 Å². The van der Waals surface area contributed by atoms with Gasteiger partial charge in [0.1, 0.15) is 11.6 Å². The van der Waals surface area contributed by atoms with Crippen molar-refractivity contribution in [1.29, 1.82) is 0 Å². The first-order valence-corrected chi connectivity index (χ1v) is 7.42. The summed E-state index contributed by atoms with van der Waals surface area (Å²) in [6.45, 7) is 0. The second kappa shape index (κ2) is 4.65. The minimum atomic E-state index is -0.397. The number of hydrogen-bond acceptors (Lipinski definition) is 3. The van der Waals surface area contributed by atoms with E-state index in [1.807, 2.05) is 4.57 Å². The zero-order valence-corrected chi connectivity index (χ0v) is 12.8. The molecule has 118 valence electrons. The molecule has 23 heavy (non-hydrogen) atoms. The topological polar surface area (TPSA) is 61.8 Å². The van der Waals surface area contributed by atoms with Crippen LogP contribution in [0.4, 0.5) is 4.39 Å². The van der Waals surface area contributed by atoms with Gasteiger partial charge in [-0.05, 0) is 31.0 Å². The van der Waals surface area contributed by atoms with Gasteiger partial charge in [0.2, 0.25) is 0 Å². The van der Waals surface area contributed by atoms with E-state index in [0.29, 0.717) is 22.4 Å². The average molecular weight is 314 g/mol. The lowest BCUT2D eigenvalue weighted by Gasteiger charge is -2.09. The van der Waals surface area contributed by atoms with E-state index in [-0.39, 0.29) is 17.5 Å². The van der Waals surface area contributed by atoms with Crippen molar-refractivity contribution in [2.24, 2.45) is 14.1 Å². The summed E-state index contributed by atoms with van der Waals surface area (Å²) in [4.78, 5) is 28.9. The summed E-state index contributed by atoms with van der Waals surface area (Å²) in [5, 5.41) is 0. The summed E-state index contributed by atoms with van der Waals surface area (Å²) in [6.07, 6.45) is 3.45. The summed E-state index contributed by atoms with van der Waals surface area (Å²) in [5.41, 5.74) is 0.880. The van der Waals surface area contributed by atoms with E-state index in [1.54, 1.807) is 13.1 Å². The fourth-order valence-corrected chi connectivity index (χ4v) is 2.92. The lowest BCUT2D eigenvalue weighted by atomic mass is 10.3. The SMILES string of the molecule is Cn1cc(-c2nc3ccc(F)cc3n2C2CC2)c(=O)n(C)c1=O. The summed E-state index contributed by atoms with van der Waals surface area (Å²) in [7, 11) is 3.03. The maximum Gasteiger partial charge on any atom is 0.330 e. The Morgan fingerprint density at radius 2 is 1.96 bits per heavy atom. The first-order valence-electron chi connectivity index (χ1n) is 7.42. The highest BCUT2D eigenvalue weighted by Crippen LogP contribution is 2.40. The largest absolute Gasteiger partial charge is 0.330 e. The summed E-state index contributed by atoms with van der Waals surface area (Å²) < 4.78 is 18.0. The van der Waals surface area contributed by atoms with E-state index in [9.17, 15) is 14.0 Å². The van der Waals surface area contributed by atoms with Crippen LogP contribution in [0.5, 0.6) is 0 Å². The van der Waals surface area contributed by atoms with E-state index >= 15 is 0 Å². The Balaban J connectivity index is 2.09. The van der Waals surface area contributed by atoms with Gasteiger partial charge in [-0.1, -0.05) is 0 Å². The predicted octanol–water partition coefficient (Wildman–Crippen LogP) is 1.57. The molecule has 0 radical (unpaired) electrons. The van der Waals surface area contributed by atoms with E-state index in [0.717, 1.165) is 17.4 Å². The summed E-state index contributed by atoms with van der Waals surface area (Å²) in [5.74, 6) is 0.156. The maximum atomic E-state index is 13.6. The Morgan fingerprint density at radius 1 is 1.22 bits per heavy atom. The summed E-state index contributed by atoms with van der Waals surface area (Å²) in [6, 6.07) is 4.63. The fourth-order valence-electron chi connectivity index (χ4n) is 2.92. The van der Waals surface area contributed by atoms with Crippen molar-refractivity contribution in [1.82, 2.24) is 18.7 Å². The number of aromatic nitrogens is 4. The molecule has 0 unspecified atom stereocenters. The molecule has 0 spiro atoms. The standard InChI is InChI=1S/C16H15FN4O2/c1-19-8-11(15(22)20(2)16(19)23)14-18-12-6-3-9(17)7-13(12)21(14)10-4-5-10/h3,6-8,10H,4-5H2,1-2H3. The van der Waals surface area contributed by atoms with Crippen molar-refractivity contribution < 1.29 is 4.39 Å². The summed E-state index contributed by atoms with van der Waals surface area (Å²) >= 11 is 0. The van der Waals surface area contributed by atoms with Crippen molar-refractivity contribution in [3.05, 3.63) is 51.1 Å². The molecular weight excluding hydrogens is 299 g/mol. The van der Waals surface area contributed by atoms with Gasteiger partial charge in [0.15, 0.2) is 0 Å². The lowest BCUT2D eigenvalue weighted by Crippen LogP contribution is -2.37. The monoisotopic (exact) mass is 314 g/mol. The van der Waals surface area contributed by atoms with Gasteiger partial charge in [0, 0.05) is 26.3 Å². The smallest absolute Gasteiger partial charge is 0.321 e. The van der Waals surface area contributed by atoms with Gasteiger partial charge < -0.3 is 9.13 Å². The van der Waals surface area contributed by atoms with Crippen molar-refractivity contribution in [3.63, 3.8) is 0 Å². The van der Waals surface area contributed by atoms with Gasteiger partial charge in [-0.25, -0.2) is 14.2 Å². The van der Waals surface area contributed by atoms with Crippen LogP contribution in [0.2, 0.25) is 0 Å². The second-order valence-corrected chi connectivity index (χ2v) is 5.97. The number of fused-ring (bicyclic) bond motifs is 1. The Bertz CT molecular complexity index is 1060. The molecule has 0 aliphatic heterocycles. The Labute approximate surface area is 130 Å². The van der Waals surface area contributed by atoms with E-state index in [1.165, 1.54) is 29.9 Å². The van der Waals surface area contributed by atoms with Crippen LogP contribution in [-0.4, -0.2) is 18.7 Å². The highest BCUT2D eigenvalue weighted by molar-refractivity contribution is 5.81. The van der Waals surface area contributed by atoms with Gasteiger partial charge in [-0.2, -0.15) is 0 Å². The minimum Gasteiger partial charge on any atom is -0.321 e. The fraction of sp³-hybridized carbons (Fsp3) is 0.312. The zero-order chi connectivity index (χ0) is 16.3. The third kappa shape index (κ3) is 2.03. The van der Waals surface area contributed by atoms with Crippen LogP contribution in [-0.2, 0) is 14.1 Å². The van der Waals surface area contributed by atoms with Crippen LogP contribution in [0, 0.1) is 5.82 Å². The molecule has 0 bridgehead atoms. The van der Waals surface area contributed by atoms with Crippen molar-refractivity contribution in [3.8, 4) is 11.4 Å². The van der Waals surface area contributed by atoms with Crippen LogP contribution in [0.3, 0.4) is 0 Å². The molecule has 0 N–H and O–H groups in total. The molecule has 1 fully saturated rings. The van der Waals surface area contributed by atoms with Crippen LogP contribution < -0.4 is 11.2 Å². The van der Waals surface area contributed by atoms with Crippen LogP contribution in [0.25, 0.3) is 22.4 Å². The lowest BCUT2D eigenvalue weighted by molar-refractivity contribution is 0.628. The minimum absolute atomic E-state index is 0.221. The first kappa shape index (κ1) is 13.9. The molecular formula is C16H15FN4O2. The molecule has 7 heteroatoms. The Kier molecular flexibility index (Phi) is 2.81. The van der Waals surface area contributed by atoms with Gasteiger partial charge >= 0.3 is 5.69 Å². The quantitative estimate of drug-likeness (QED) is 0.721. The molecule has 1 saturated carbocycles. The average Bonchev–Trinajstić information content (AvgIpc) is 3.29. The molecule has 1 aliphatic carbocycles. The maximum absolute atomic E-state index is 13.6. The zero-order valence-electron chi connectivity index (χ0n) is 12.8. The van der Waals surface area contributed by atoms with E-state index in [2.05, 4.69) is 4.98 Å². The Morgan fingerprint density at radius 3 is 2.65 bits per heavy atom. The third-order valence-corrected chi connectivity index (χ3v) is 4.25. The second-order valence-electron chi connectivity index (χ2n) is 5.97. The molecule has 0 amide bonds. The highest BCUT2D eigenvalue weighted by Gasteiger charge is 2.30. The number of benzene rings is 1.